The molecule has 10 N–H and O–H groups in total. The number of rotatable bonds is 19. The summed E-state index contributed by atoms with van der Waals surface area (Å²) in [6.45, 7) is -5.62. The molecule has 6 aromatic rings. The highest BCUT2D eigenvalue weighted by Crippen LogP contribution is 2.54. The summed E-state index contributed by atoms with van der Waals surface area (Å²) in [7, 11) is -1.57. The van der Waals surface area contributed by atoms with Crippen LogP contribution in [0.3, 0.4) is 0 Å². The normalized spacial score (nSPS) is 30.0. The zero-order valence-corrected chi connectivity index (χ0v) is 41.3. The van der Waals surface area contributed by atoms with E-state index in [1.165, 1.54) is 49.6 Å². The summed E-state index contributed by atoms with van der Waals surface area (Å²) >= 11 is 11.1. The van der Waals surface area contributed by atoms with E-state index >= 15 is 0 Å². The minimum absolute atomic E-state index is 0.0791. The lowest BCUT2D eigenvalue weighted by Crippen LogP contribution is -2.37. The fourth-order valence-electron chi connectivity index (χ4n) is 8.93. The number of nitrogens with zero attached hydrogens (tertiary/aromatic N) is 12. The molecule has 14 atom stereocenters. The quantitative estimate of drug-likeness (QED) is 0.0562. The number of imidazole rings is 3. The summed E-state index contributed by atoms with van der Waals surface area (Å²) in [5.74, 6) is -0.359. The molecule has 1 aliphatic carbocycles. The van der Waals surface area contributed by atoms with Crippen LogP contribution in [0, 0.1) is 5.92 Å². The number of fused-ring (bicyclic) bond motifs is 3. The lowest BCUT2D eigenvalue weighted by Gasteiger charge is -2.28. The van der Waals surface area contributed by atoms with E-state index in [2.05, 4.69) is 44.9 Å². The Labute approximate surface area is 402 Å². The molecule has 28 nitrogen and oxygen atoms in total. The molecule has 2 aliphatic heterocycles. The van der Waals surface area contributed by atoms with Crippen molar-refractivity contribution < 1.29 is 61.4 Å². The lowest BCUT2D eigenvalue weighted by atomic mass is 10.1. The van der Waals surface area contributed by atoms with Crippen molar-refractivity contribution in [3.63, 3.8) is 0 Å². The molecule has 3 fully saturated rings. The van der Waals surface area contributed by atoms with E-state index in [0.29, 0.717) is 28.7 Å². The van der Waals surface area contributed by atoms with Gasteiger partial charge >= 0.3 is 13.4 Å². The molecule has 1 saturated carbocycles. The molecule has 0 aromatic carbocycles. The average Bonchev–Trinajstić information content (AvgIpc) is 4.17. The van der Waals surface area contributed by atoms with Gasteiger partial charge in [-0.25, -0.2) is 44.9 Å². The molecule has 3 aliphatic rings. The van der Waals surface area contributed by atoms with Crippen LogP contribution >= 0.6 is 20.8 Å². The molecule has 0 spiro atoms. The number of nitrogen functional groups attached to an aromatic ring is 3. The SMILES string of the molecule is CCOP(C)(=O)CCC1CC(OP(O)(=S)OCC2OC(n3cnc4c(N)ncnc43)C(OP(O)(=S)OCC3CC(n4cnc5c(N)ncnc54)C(O)C3O)C2OC)C(n2cnc3c(N)ncnc32)O1. The predicted octanol–water partition coefficient (Wildman–Crippen LogP) is 1.31. The number of ether oxygens (including phenoxy) is 3. The standard InChI is InChI=1S/C36H50N15O13P3S2/c1-4-58-65(3,54)6-5-18-8-20(35(61-18)50-15-47-23-30(38)41-12-44-33(23)50)63-66(55,68)60-10-21-27(57-2)28(36(62-21)51-16-48-24-31(39)42-13-45-34(24)51)64-67(56,69)59-9-17-7-19(26(53)25(17)52)49-14-46-22-29(37)40-11-43-32(22)49/h11-21,25-28,35-36,52-53H,4-10H2,1-3H3,(H,55,68)(H,56,69)(H2,37,40,43)(H2,38,41,44)(H2,39,42,45). The fourth-order valence-corrected chi connectivity index (χ4v) is 13.3. The molecule has 8 heterocycles. The Morgan fingerprint density at radius 1 is 0.710 bits per heavy atom. The van der Waals surface area contributed by atoms with Gasteiger partial charge in [0, 0.05) is 32.3 Å². The highest BCUT2D eigenvalue weighted by atomic mass is 32.5. The number of aliphatic hydroxyl groups is 2. The summed E-state index contributed by atoms with van der Waals surface area (Å²) < 4.78 is 66.2. The van der Waals surface area contributed by atoms with Crippen molar-refractivity contribution in [3.8, 4) is 0 Å². The van der Waals surface area contributed by atoms with Crippen molar-refractivity contribution in [3.05, 3.63) is 38.0 Å². The third-order valence-electron chi connectivity index (χ3n) is 12.2. The molecule has 2 saturated heterocycles. The van der Waals surface area contributed by atoms with Gasteiger partial charge in [-0.05, 0) is 43.4 Å². The first-order chi connectivity index (χ1) is 32.9. The highest BCUT2D eigenvalue weighted by molar-refractivity contribution is 8.07. The highest BCUT2D eigenvalue weighted by Gasteiger charge is 2.51. The average molecular weight is 1060 g/mol. The number of anilines is 3. The first-order valence-corrected chi connectivity index (χ1v) is 28.8. The third kappa shape index (κ3) is 10.3. The maximum Gasteiger partial charge on any atom is 0.325 e. The Balaban J connectivity index is 0.920. The van der Waals surface area contributed by atoms with Crippen LogP contribution < -0.4 is 17.2 Å². The first kappa shape index (κ1) is 50.1. The maximum atomic E-state index is 13.0. The Morgan fingerprint density at radius 2 is 1.25 bits per heavy atom. The van der Waals surface area contributed by atoms with E-state index < -0.39 is 94.6 Å². The van der Waals surface area contributed by atoms with Crippen molar-refractivity contribution in [2.24, 2.45) is 5.92 Å². The van der Waals surface area contributed by atoms with Gasteiger partial charge in [0.1, 0.15) is 66.1 Å². The zero-order valence-electron chi connectivity index (χ0n) is 37.0. The minimum atomic E-state index is -4.26. The van der Waals surface area contributed by atoms with E-state index in [1.54, 1.807) is 22.7 Å². The van der Waals surface area contributed by atoms with E-state index in [9.17, 15) is 24.6 Å². The zero-order chi connectivity index (χ0) is 49.0. The van der Waals surface area contributed by atoms with Gasteiger partial charge in [0.05, 0.1) is 57.1 Å². The Bertz CT molecular complexity index is 2970. The largest absolute Gasteiger partial charge is 0.390 e. The number of nitrogens with two attached hydrogens (primary N) is 3. The van der Waals surface area contributed by atoms with Gasteiger partial charge in [-0.1, -0.05) is 0 Å². The van der Waals surface area contributed by atoms with Crippen molar-refractivity contribution in [2.45, 2.75) is 87.4 Å². The van der Waals surface area contributed by atoms with Gasteiger partial charge < -0.3 is 74.1 Å². The molecule has 0 bridgehead atoms. The number of hydrogen-bond acceptors (Lipinski definition) is 25. The maximum absolute atomic E-state index is 13.0. The topological polar surface area (TPSA) is 381 Å². The second-order valence-electron chi connectivity index (χ2n) is 16.6. The van der Waals surface area contributed by atoms with Crippen LogP contribution in [0.4, 0.5) is 17.5 Å². The number of methoxy groups -OCH3 is 1. The molecule has 69 heavy (non-hydrogen) atoms. The van der Waals surface area contributed by atoms with Gasteiger partial charge in [0.25, 0.3) is 0 Å². The fraction of sp³-hybridized carbons (Fsp3) is 0.583. The Morgan fingerprint density at radius 3 is 1.83 bits per heavy atom. The third-order valence-corrected chi connectivity index (χ3v) is 17.2. The van der Waals surface area contributed by atoms with Crippen LogP contribution in [0.1, 0.15) is 44.7 Å². The summed E-state index contributed by atoms with van der Waals surface area (Å²) in [5.41, 5.74) is 20.0. The Hall–Kier alpha value is -3.90. The summed E-state index contributed by atoms with van der Waals surface area (Å²) in [6, 6.07) is -0.689. The van der Waals surface area contributed by atoms with Gasteiger partial charge in [-0.2, -0.15) is 0 Å². The van der Waals surface area contributed by atoms with Crippen LogP contribution in [0.25, 0.3) is 33.5 Å². The van der Waals surface area contributed by atoms with Crippen LogP contribution in [-0.4, -0.2) is 161 Å². The second-order valence-corrected chi connectivity index (χ2v) is 24.9. The molecule has 9 rings (SSSR count). The smallest absolute Gasteiger partial charge is 0.325 e. The minimum Gasteiger partial charge on any atom is -0.390 e. The van der Waals surface area contributed by atoms with E-state index in [0.717, 1.165) is 0 Å². The molecule has 0 radical (unpaired) electrons. The molecule has 14 unspecified atom stereocenters. The van der Waals surface area contributed by atoms with Crippen molar-refractivity contribution in [2.75, 3.05) is 57.0 Å². The van der Waals surface area contributed by atoms with E-state index in [-0.39, 0.29) is 60.8 Å². The molecular formula is C36H50N15O13P3S2. The van der Waals surface area contributed by atoms with Crippen molar-refractivity contribution >= 4 is 95.4 Å². The summed E-state index contributed by atoms with van der Waals surface area (Å²) in [6.07, 6.45) is -0.658. The molecule has 374 valence electrons. The molecule has 0 amide bonds. The monoisotopic (exact) mass is 1060 g/mol. The summed E-state index contributed by atoms with van der Waals surface area (Å²) in [4.78, 5) is 61.2. The first-order valence-electron chi connectivity index (χ1n) is 21.4. The van der Waals surface area contributed by atoms with Gasteiger partial charge in [0.15, 0.2) is 54.2 Å². The summed E-state index contributed by atoms with van der Waals surface area (Å²) in [5, 5.41) is 22.2. The van der Waals surface area contributed by atoms with E-state index in [4.69, 9.17) is 77.6 Å². The lowest BCUT2D eigenvalue weighted by molar-refractivity contribution is -0.0564. The molecule has 33 heteroatoms. The van der Waals surface area contributed by atoms with Crippen LogP contribution in [-0.2, 0) is 65.0 Å². The number of hydrogen-bond donors (Lipinski definition) is 7. The van der Waals surface area contributed by atoms with Gasteiger partial charge in [0.2, 0.25) is 0 Å². The number of aromatic nitrogens is 12. The molecular weight excluding hydrogens is 1010 g/mol. The molecule has 6 aromatic heterocycles. The van der Waals surface area contributed by atoms with E-state index in [1.807, 2.05) is 0 Å². The van der Waals surface area contributed by atoms with Crippen LogP contribution in [0.5, 0.6) is 0 Å². The Kier molecular flexibility index (Phi) is 14.5. The van der Waals surface area contributed by atoms with Crippen molar-refractivity contribution in [1.82, 2.24) is 58.6 Å². The predicted molar refractivity (Wildman–Crippen MR) is 251 cm³/mol. The number of aliphatic hydroxyl groups excluding tert-OH is 2. The van der Waals surface area contributed by atoms with Gasteiger partial charge in [-0.3, -0.25) is 18.2 Å². The second kappa shape index (κ2) is 20.0. The van der Waals surface area contributed by atoms with Crippen LogP contribution in [0.15, 0.2) is 38.0 Å². The van der Waals surface area contributed by atoms with Crippen LogP contribution in [0.2, 0.25) is 0 Å². The van der Waals surface area contributed by atoms with Gasteiger partial charge in [-0.15, -0.1) is 0 Å². The van der Waals surface area contributed by atoms with Crippen molar-refractivity contribution in [1.29, 1.82) is 0 Å².